The molecule has 1 N–H and O–H groups in total. The average molecular weight is 441 g/mol. The van der Waals surface area contributed by atoms with Crippen LogP contribution in [0.5, 0.6) is 0 Å². The van der Waals surface area contributed by atoms with Gasteiger partial charge in [0.15, 0.2) is 15.9 Å². The van der Waals surface area contributed by atoms with Crippen molar-refractivity contribution in [1.29, 1.82) is 0 Å². The molecule has 0 saturated heterocycles. The topological polar surface area (TPSA) is 133 Å². The summed E-state index contributed by atoms with van der Waals surface area (Å²) in [5.74, 6) is -1.65. The first kappa shape index (κ1) is 22.3. The number of hydrogen-bond acceptors (Lipinski definition) is 7. The fourth-order valence-corrected chi connectivity index (χ4v) is 3.35. The Morgan fingerprint density at radius 3 is 2.45 bits per heavy atom. The molecule has 2 rings (SSSR count). The second-order valence-electron chi connectivity index (χ2n) is 6.21. The number of nitrogens with one attached hydrogen (secondary N) is 1. The lowest BCUT2D eigenvalue weighted by molar-refractivity contribution is -0.387. The maximum Gasteiger partial charge on any atom is 0.339 e. The lowest BCUT2D eigenvalue weighted by atomic mass is 10.2. The minimum Gasteiger partial charge on any atom is -0.449 e. The van der Waals surface area contributed by atoms with Crippen molar-refractivity contribution < 1.29 is 27.7 Å². The molecular formula is C18H17ClN2O7S. The first-order chi connectivity index (χ1) is 13.4. The van der Waals surface area contributed by atoms with Crippen molar-refractivity contribution in [2.45, 2.75) is 24.8 Å². The lowest BCUT2D eigenvalue weighted by Gasteiger charge is -2.15. The Morgan fingerprint density at radius 1 is 1.21 bits per heavy atom. The van der Waals surface area contributed by atoms with Gasteiger partial charge in [-0.1, -0.05) is 17.7 Å². The van der Waals surface area contributed by atoms with Gasteiger partial charge in [0.1, 0.15) is 4.90 Å². The highest BCUT2D eigenvalue weighted by Crippen LogP contribution is 2.26. The Morgan fingerprint density at radius 2 is 1.86 bits per heavy atom. The fourth-order valence-electron chi connectivity index (χ4n) is 2.35. The lowest BCUT2D eigenvalue weighted by Crippen LogP contribution is -2.30. The minimum atomic E-state index is -3.87. The summed E-state index contributed by atoms with van der Waals surface area (Å²) in [6.45, 7) is 3.08. The number of nitro benzene ring substituents is 1. The third kappa shape index (κ3) is 5.52. The summed E-state index contributed by atoms with van der Waals surface area (Å²) in [6, 6.07) is 7.73. The van der Waals surface area contributed by atoms with Gasteiger partial charge < -0.3 is 10.1 Å². The van der Waals surface area contributed by atoms with Gasteiger partial charge in [0.2, 0.25) is 0 Å². The molecule has 9 nitrogen and oxygen atoms in total. The van der Waals surface area contributed by atoms with E-state index in [0.717, 1.165) is 30.0 Å². The highest BCUT2D eigenvalue weighted by Gasteiger charge is 2.26. The predicted molar refractivity (Wildman–Crippen MR) is 106 cm³/mol. The molecule has 1 unspecified atom stereocenters. The predicted octanol–water partition coefficient (Wildman–Crippen LogP) is 3.14. The van der Waals surface area contributed by atoms with E-state index in [-0.39, 0.29) is 5.56 Å². The van der Waals surface area contributed by atoms with E-state index < -0.39 is 43.3 Å². The van der Waals surface area contributed by atoms with E-state index in [0.29, 0.717) is 10.7 Å². The van der Waals surface area contributed by atoms with Crippen molar-refractivity contribution >= 4 is 44.7 Å². The van der Waals surface area contributed by atoms with E-state index in [1.807, 2.05) is 0 Å². The Hall–Kier alpha value is -2.98. The van der Waals surface area contributed by atoms with Gasteiger partial charge in [0.25, 0.3) is 11.6 Å². The fraction of sp³-hybridized carbons (Fsp3) is 0.222. The molecule has 0 aliphatic carbocycles. The van der Waals surface area contributed by atoms with Gasteiger partial charge in [0, 0.05) is 23.0 Å². The third-order valence-corrected chi connectivity index (χ3v) is 5.28. The molecule has 0 bridgehead atoms. The zero-order chi connectivity index (χ0) is 21.9. The van der Waals surface area contributed by atoms with E-state index in [1.54, 1.807) is 19.1 Å². The highest BCUT2D eigenvalue weighted by atomic mass is 35.5. The van der Waals surface area contributed by atoms with Crippen LogP contribution < -0.4 is 5.32 Å². The van der Waals surface area contributed by atoms with Gasteiger partial charge in [-0.3, -0.25) is 14.9 Å². The number of carbonyl (C=O) groups is 2. The molecule has 29 heavy (non-hydrogen) atoms. The number of esters is 1. The summed E-state index contributed by atoms with van der Waals surface area (Å²) in [6.07, 6.45) is -0.410. The van der Waals surface area contributed by atoms with Gasteiger partial charge in [-0.25, -0.2) is 13.2 Å². The largest absolute Gasteiger partial charge is 0.449 e. The number of rotatable bonds is 6. The number of amides is 1. The Balaban J connectivity index is 2.18. The summed E-state index contributed by atoms with van der Waals surface area (Å²) >= 11 is 5.89. The van der Waals surface area contributed by atoms with Crippen molar-refractivity contribution in [3.8, 4) is 0 Å². The summed E-state index contributed by atoms with van der Waals surface area (Å²) in [4.78, 5) is 34.3. The average Bonchev–Trinajstić information content (AvgIpc) is 2.63. The van der Waals surface area contributed by atoms with E-state index in [2.05, 4.69) is 5.32 Å². The molecule has 0 aliphatic rings. The number of benzene rings is 2. The number of nitrogens with zero attached hydrogens (tertiary/aromatic N) is 1. The summed E-state index contributed by atoms with van der Waals surface area (Å²) in [5.41, 5.74) is 0.170. The number of carbonyl (C=O) groups excluding carboxylic acids is 2. The molecule has 1 atom stereocenters. The second-order valence-corrected chi connectivity index (χ2v) is 8.63. The Kier molecular flexibility index (Phi) is 6.60. The van der Waals surface area contributed by atoms with Gasteiger partial charge in [0.05, 0.1) is 10.5 Å². The van der Waals surface area contributed by atoms with E-state index >= 15 is 0 Å². The number of sulfone groups is 1. The summed E-state index contributed by atoms with van der Waals surface area (Å²) in [7, 11) is -3.87. The molecule has 2 aromatic carbocycles. The van der Waals surface area contributed by atoms with Gasteiger partial charge >= 0.3 is 5.97 Å². The number of halogens is 1. The molecule has 0 heterocycles. The normalized spacial score (nSPS) is 12.1. The summed E-state index contributed by atoms with van der Waals surface area (Å²) in [5, 5.41) is 14.1. The number of anilines is 1. The summed E-state index contributed by atoms with van der Waals surface area (Å²) < 4.78 is 28.3. The van der Waals surface area contributed by atoms with Crippen molar-refractivity contribution in [2.24, 2.45) is 0 Å². The molecule has 0 radical (unpaired) electrons. The highest BCUT2D eigenvalue weighted by molar-refractivity contribution is 7.90. The van der Waals surface area contributed by atoms with Crippen LogP contribution in [0.2, 0.25) is 5.02 Å². The number of aryl methyl sites for hydroxylation is 1. The maximum atomic E-state index is 12.3. The van der Waals surface area contributed by atoms with E-state index in [9.17, 15) is 28.1 Å². The van der Waals surface area contributed by atoms with Crippen LogP contribution in [0.3, 0.4) is 0 Å². The molecule has 2 aromatic rings. The van der Waals surface area contributed by atoms with Crippen LogP contribution in [0.1, 0.15) is 22.8 Å². The van der Waals surface area contributed by atoms with Crippen molar-refractivity contribution in [3.63, 3.8) is 0 Å². The molecular weight excluding hydrogens is 424 g/mol. The maximum absolute atomic E-state index is 12.3. The standard InChI is InChI=1S/C18H17ClN2O7S/c1-10-4-6-13(19)9-14(10)20-17(22)11(2)28-18(23)12-5-7-16(29(3,26)27)15(8-12)21(24)25/h4-9,11H,1-3H3,(H,20,22). The molecule has 0 fully saturated rings. The molecule has 1 amide bonds. The van der Waals surface area contributed by atoms with Crippen LogP contribution >= 0.6 is 11.6 Å². The third-order valence-electron chi connectivity index (χ3n) is 3.90. The Labute approximate surface area is 171 Å². The van der Waals surface area contributed by atoms with Crippen molar-refractivity contribution in [3.05, 3.63) is 62.7 Å². The van der Waals surface area contributed by atoms with E-state index in [4.69, 9.17) is 16.3 Å². The van der Waals surface area contributed by atoms with Crippen molar-refractivity contribution in [1.82, 2.24) is 0 Å². The number of nitro groups is 1. The molecule has 0 aliphatic heterocycles. The molecule has 0 saturated carbocycles. The number of hydrogen-bond donors (Lipinski definition) is 1. The van der Waals surface area contributed by atoms with Gasteiger partial charge in [-0.05, 0) is 43.7 Å². The Bertz CT molecular complexity index is 1100. The molecule has 0 aromatic heterocycles. The SMILES string of the molecule is Cc1ccc(Cl)cc1NC(=O)C(C)OC(=O)c1ccc(S(C)(=O)=O)c([N+](=O)[O-])c1. The molecule has 154 valence electrons. The van der Waals surface area contributed by atoms with Crippen LogP contribution in [-0.4, -0.2) is 37.6 Å². The molecule has 0 spiro atoms. The zero-order valence-corrected chi connectivity index (χ0v) is 17.2. The van der Waals surface area contributed by atoms with Crippen molar-refractivity contribution in [2.75, 3.05) is 11.6 Å². The smallest absolute Gasteiger partial charge is 0.339 e. The van der Waals surface area contributed by atoms with Gasteiger partial charge in [-0.15, -0.1) is 0 Å². The number of ether oxygens (including phenoxy) is 1. The van der Waals surface area contributed by atoms with E-state index in [1.165, 1.54) is 13.0 Å². The van der Waals surface area contributed by atoms with Crippen LogP contribution in [0.15, 0.2) is 41.3 Å². The zero-order valence-electron chi connectivity index (χ0n) is 15.6. The minimum absolute atomic E-state index is 0.261. The van der Waals surface area contributed by atoms with Crippen LogP contribution in [0.4, 0.5) is 11.4 Å². The van der Waals surface area contributed by atoms with Crippen LogP contribution in [-0.2, 0) is 19.4 Å². The van der Waals surface area contributed by atoms with Crippen LogP contribution in [0.25, 0.3) is 0 Å². The quantitative estimate of drug-likeness (QED) is 0.414. The van der Waals surface area contributed by atoms with Gasteiger partial charge in [-0.2, -0.15) is 0 Å². The first-order valence-electron chi connectivity index (χ1n) is 8.16. The monoisotopic (exact) mass is 440 g/mol. The van der Waals surface area contributed by atoms with Crippen LogP contribution in [0, 0.1) is 17.0 Å². The second kappa shape index (κ2) is 8.58. The molecule has 11 heteroatoms. The first-order valence-corrected chi connectivity index (χ1v) is 10.4.